The average Bonchev–Trinajstić information content (AvgIpc) is 2.67. The first-order valence-corrected chi connectivity index (χ1v) is 12.9. The van der Waals surface area contributed by atoms with Gasteiger partial charge in [0.05, 0.1) is 11.7 Å². The van der Waals surface area contributed by atoms with E-state index in [9.17, 15) is 14.7 Å². The maximum atomic E-state index is 12.9. The summed E-state index contributed by atoms with van der Waals surface area (Å²) in [5.74, 6) is 1.19. The largest absolute Gasteiger partial charge is 0.462 e. The standard InChI is InChI=1S/C28H40O6/c1-15-12-18(30)17-13-21-27(6)10-8-20-25(3,4)22(33-16(2)29)9-11-26(20,5)23(27)19(31)14-28(21,7)34-24(17)32-15/h12,19-23,31H,8-11,13-14H2,1-7H3/t19-,20-,21-,22-,23+,26-,27-,28-/m0/s1. The third-order valence-electron chi connectivity index (χ3n) is 10.6. The van der Waals surface area contributed by atoms with Gasteiger partial charge in [-0.05, 0) is 68.6 Å². The highest BCUT2D eigenvalue weighted by Gasteiger charge is 2.69. The minimum absolute atomic E-state index is 0.0185. The number of hydrogen-bond donors (Lipinski definition) is 1. The normalized spacial score (nSPS) is 44.5. The summed E-state index contributed by atoms with van der Waals surface area (Å²) >= 11 is 0. The van der Waals surface area contributed by atoms with Crippen LogP contribution < -0.4 is 10.2 Å². The first-order valence-electron chi connectivity index (χ1n) is 12.9. The fourth-order valence-electron chi connectivity index (χ4n) is 9.41. The van der Waals surface area contributed by atoms with Crippen LogP contribution in [0.2, 0.25) is 0 Å². The molecule has 0 spiro atoms. The van der Waals surface area contributed by atoms with Gasteiger partial charge in [0.15, 0.2) is 5.43 Å². The molecule has 0 radical (unpaired) electrons. The van der Waals surface area contributed by atoms with Gasteiger partial charge in [-0.15, -0.1) is 0 Å². The lowest BCUT2D eigenvalue weighted by Crippen LogP contribution is -2.70. The van der Waals surface area contributed by atoms with Crippen LogP contribution in [0.3, 0.4) is 0 Å². The van der Waals surface area contributed by atoms with Crippen molar-refractivity contribution < 1.29 is 23.8 Å². The molecule has 1 aromatic heterocycles. The number of ether oxygens (including phenoxy) is 2. The minimum atomic E-state index is -0.588. The van der Waals surface area contributed by atoms with E-state index in [1.165, 1.54) is 6.92 Å². The maximum absolute atomic E-state index is 12.9. The predicted molar refractivity (Wildman–Crippen MR) is 128 cm³/mol. The lowest BCUT2D eigenvalue weighted by Gasteiger charge is -2.69. The number of rotatable bonds is 1. The van der Waals surface area contributed by atoms with E-state index in [4.69, 9.17) is 13.9 Å². The molecule has 3 aliphatic carbocycles. The number of esters is 1. The summed E-state index contributed by atoms with van der Waals surface area (Å²) in [5, 5.41) is 11.8. The molecule has 0 aromatic carbocycles. The summed E-state index contributed by atoms with van der Waals surface area (Å²) in [6.07, 6.45) is 4.19. The van der Waals surface area contributed by atoms with Crippen molar-refractivity contribution in [3.05, 3.63) is 27.6 Å². The molecule has 5 rings (SSSR count). The molecule has 1 aromatic rings. The van der Waals surface area contributed by atoms with Gasteiger partial charge in [-0.3, -0.25) is 9.59 Å². The van der Waals surface area contributed by atoms with E-state index in [1.807, 2.05) is 0 Å². The Morgan fingerprint density at radius 2 is 1.74 bits per heavy atom. The van der Waals surface area contributed by atoms with Crippen molar-refractivity contribution in [2.24, 2.45) is 34.0 Å². The molecule has 0 saturated heterocycles. The topological polar surface area (TPSA) is 86.0 Å². The van der Waals surface area contributed by atoms with Gasteiger partial charge in [-0.1, -0.05) is 27.7 Å². The fourth-order valence-corrected chi connectivity index (χ4v) is 9.41. The molecule has 3 fully saturated rings. The second kappa shape index (κ2) is 7.35. The zero-order valence-corrected chi connectivity index (χ0v) is 21.7. The van der Waals surface area contributed by atoms with Crippen LogP contribution in [0.1, 0.15) is 85.0 Å². The summed E-state index contributed by atoms with van der Waals surface area (Å²) in [6, 6.07) is 1.55. The van der Waals surface area contributed by atoms with Gasteiger partial charge in [0.2, 0.25) is 0 Å². The Bertz CT molecular complexity index is 1070. The lowest BCUT2D eigenvalue weighted by atomic mass is 9.37. The Hall–Kier alpha value is -1.82. The zero-order valence-electron chi connectivity index (χ0n) is 21.7. The molecule has 34 heavy (non-hydrogen) atoms. The van der Waals surface area contributed by atoms with E-state index in [-0.39, 0.29) is 45.6 Å². The van der Waals surface area contributed by atoms with Gasteiger partial charge in [0.1, 0.15) is 17.5 Å². The van der Waals surface area contributed by atoms with Crippen molar-refractivity contribution in [1.82, 2.24) is 0 Å². The van der Waals surface area contributed by atoms with Crippen LogP contribution in [0, 0.1) is 40.9 Å². The zero-order chi connectivity index (χ0) is 24.8. The van der Waals surface area contributed by atoms with Crippen molar-refractivity contribution in [3.63, 3.8) is 0 Å². The Balaban J connectivity index is 1.56. The van der Waals surface area contributed by atoms with Crippen molar-refractivity contribution in [2.45, 2.75) is 105 Å². The smallest absolute Gasteiger partial charge is 0.302 e. The molecule has 2 heterocycles. The Morgan fingerprint density at radius 1 is 1.09 bits per heavy atom. The molecule has 1 N–H and O–H groups in total. The van der Waals surface area contributed by atoms with E-state index in [1.54, 1.807) is 13.0 Å². The second-order valence-corrected chi connectivity index (χ2v) is 13.0. The SMILES string of the molecule is CC(=O)O[C@H]1CC[C@]2(C)[C@H]3[C@@H](O)C[C@]4(C)Oc5oc(C)cc(=O)c5C[C@H]4[C@]3(C)CC[C@H]2C1(C)C. The number of aryl methyl sites for hydroxylation is 1. The lowest BCUT2D eigenvalue weighted by molar-refractivity contribution is -0.260. The van der Waals surface area contributed by atoms with Crippen molar-refractivity contribution in [1.29, 1.82) is 0 Å². The van der Waals surface area contributed by atoms with Gasteiger partial charge in [0.25, 0.3) is 5.95 Å². The molecular formula is C28H40O6. The molecule has 188 valence electrons. The Kier molecular flexibility index (Phi) is 5.16. The third-order valence-corrected chi connectivity index (χ3v) is 10.6. The summed E-state index contributed by atoms with van der Waals surface area (Å²) in [4.78, 5) is 24.7. The maximum Gasteiger partial charge on any atom is 0.302 e. The first-order chi connectivity index (χ1) is 15.7. The van der Waals surface area contributed by atoms with Crippen molar-refractivity contribution in [3.8, 4) is 5.95 Å². The molecule has 0 amide bonds. The molecule has 6 heteroatoms. The molecule has 8 atom stereocenters. The fraction of sp³-hybridized carbons (Fsp3) is 0.786. The van der Waals surface area contributed by atoms with Crippen LogP contribution in [0.15, 0.2) is 15.3 Å². The van der Waals surface area contributed by atoms with Crippen LogP contribution in [0.5, 0.6) is 5.95 Å². The number of fused-ring (bicyclic) bond motifs is 6. The van der Waals surface area contributed by atoms with E-state index in [2.05, 4.69) is 34.6 Å². The number of hydrogen-bond acceptors (Lipinski definition) is 6. The molecule has 0 bridgehead atoms. The first kappa shape index (κ1) is 23.9. The average molecular weight is 473 g/mol. The van der Waals surface area contributed by atoms with Crippen LogP contribution in [0.25, 0.3) is 0 Å². The summed E-state index contributed by atoms with van der Waals surface area (Å²) < 4.78 is 18.1. The van der Waals surface area contributed by atoms with Crippen LogP contribution in [0.4, 0.5) is 0 Å². The van der Waals surface area contributed by atoms with E-state index < -0.39 is 11.7 Å². The Morgan fingerprint density at radius 3 is 2.41 bits per heavy atom. The predicted octanol–water partition coefficient (Wildman–Crippen LogP) is 4.81. The number of carbonyl (C=O) groups is 1. The van der Waals surface area contributed by atoms with Gasteiger partial charge in [-0.25, -0.2) is 0 Å². The molecule has 4 aliphatic rings. The minimum Gasteiger partial charge on any atom is -0.462 e. The third kappa shape index (κ3) is 3.16. The highest BCUT2D eigenvalue weighted by Crippen LogP contribution is 2.70. The van der Waals surface area contributed by atoms with Crippen LogP contribution in [-0.2, 0) is 16.0 Å². The van der Waals surface area contributed by atoms with E-state index in [0.29, 0.717) is 36.0 Å². The van der Waals surface area contributed by atoms with Gasteiger partial charge in [-0.2, -0.15) is 0 Å². The van der Waals surface area contributed by atoms with E-state index >= 15 is 0 Å². The van der Waals surface area contributed by atoms with Crippen LogP contribution in [-0.4, -0.2) is 28.9 Å². The summed E-state index contributed by atoms with van der Waals surface area (Å²) in [7, 11) is 0. The number of carbonyl (C=O) groups excluding carboxylic acids is 1. The van der Waals surface area contributed by atoms with Gasteiger partial charge in [0, 0.05) is 30.7 Å². The Labute approximate surface area is 202 Å². The monoisotopic (exact) mass is 472 g/mol. The second-order valence-electron chi connectivity index (χ2n) is 13.0. The summed E-state index contributed by atoms with van der Waals surface area (Å²) in [6.45, 7) is 14.5. The van der Waals surface area contributed by atoms with E-state index in [0.717, 1.165) is 25.7 Å². The summed E-state index contributed by atoms with van der Waals surface area (Å²) in [5.41, 5.74) is -0.418. The van der Waals surface area contributed by atoms with Gasteiger partial charge < -0.3 is 19.0 Å². The molecular weight excluding hydrogens is 432 g/mol. The highest BCUT2D eigenvalue weighted by molar-refractivity contribution is 5.66. The van der Waals surface area contributed by atoms with Crippen molar-refractivity contribution in [2.75, 3.05) is 0 Å². The number of aliphatic hydroxyl groups excluding tert-OH is 1. The molecule has 0 unspecified atom stereocenters. The van der Waals surface area contributed by atoms with Crippen LogP contribution >= 0.6 is 0 Å². The van der Waals surface area contributed by atoms with Gasteiger partial charge >= 0.3 is 5.97 Å². The quantitative estimate of drug-likeness (QED) is 0.590. The number of aliphatic hydroxyl groups is 1. The molecule has 6 nitrogen and oxygen atoms in total. The molecule has 1 aliphatic heterocycles. The molecule has 3 saturated carbocycles. The van der Waals surface area contributed by atoms with Crippen molar-refractivity contribution >= 4 is 5.97 Å². The highest BCUT2D eigenvalue weighted by atomic mass is 16.6.